The first-order valence-electron chi connectivity index (χ1n) is 7.65. The Hall–Kier alpha value is -2.80. The molecule has 0 aromatic heterocycles. The molecule has 118 valence electrons. The number of benzene rings is 2. The van der Waals surface area contributed by atoms with Crippen LogP contribution in [0.15, 0.2) is 48.5 Å². The van der Waals surface area contributed by atoms with Gasteiger partial charge in [0.25, 0.3) is 0 Å². The van der Waals surface area contributed by atoms with E-state index in [0.29, 0.717) is 23.6 Å². The predicted octanol–water partition coefficient (Wildman–Crippen LogP) is 5.03. The molecular formula is C19H19NO3. The monoisotopic (exact) mass is 309 g/mol. The summed E-state index contributed by atoms with van der Waals surface area (Å²) < 4.78 is 10.9. The average molecular weight is 309 g/mol. The van der Waals surface area contributed by atoms with Crippen LogP contribution in [0.1, 0.15) is 36.5 Å². The van der Waals surface area contributed by atoms with E-state index in [0.717, 1.165) is 25.0 Å². The molecule has 0 N–H and O–H groups in total. The number of carbonyl (C=O) groups is 1. The van der Waals surface area contributed by atoms with Crippen molar-refractivity contribution in [3.63, 3.8) is 0 Å². The summed E-state index contributed by atoms with van der Waals surface area (Å²) in [4.78, 5) is 15.3. The molecule has 0 atom stereocenters. The molecule has 0 heterocycles. The number of hydrogen-bond donors (Lipinski definition) is 0. The van der Waals surface area contributed by atoms with Crippen molar-refractivity contribution in [1.29, 1.82) is 0 Å². The molecule has 0 aliphatic carbocycles. The Kier molecular flexibility index (Phi) is 6.19. The van der Waals surface area contributed by atoms with Gasteiger partial charge in [-0.05, 0) is 30.7 Å². The van der Waals surface area contributed by atoms with Crippen LogP contribution in [-0.4, -0.2) is 12.6 Å². The second-order valence-corrected chi connectivity index (χ2v) is 5.08. The Labute approximate surface area is 136 Å². The molecule has 0 aliphatic heterocycles. The van der Waals surface area contributed by atoms with Crippen LogP contribution >= 0.6 is 0 Å². The molecule has 0 amide bonds. The molecule has 0 spiro atoms. The highest BCUT2D eigenvalue weighted by molar-refractivity contribution is 5.91. The lowest BCUT2D eigenvalue weighted by molar-refractivity contribution is 0.0734. The lowest BCUT2D eigenvalue weighted by Crippen LogP contribution is -2.08. The Morgan fingerprint density at radius 1 is 1.00 bits per heavy atom. The highest BCUT2D eigenvalue weighted by Crippen LogP contribution is 2.20. The fraction of sp³-hybridized carbons (Fsp3) is 0.263. The van der Waals surface area contributed by atoms with Crippen molar-refractivity contribution in [1.82, 2.24) is 0 Å². The minimum absolute atomic E-state index is 0.414. The summed E-state index contributed by atoms with van der Waals surface area (Å²) in [7, 11) is 0. The SMILES string of the molecule is [C-]#[N+]c1ccc(C(=O)Oc2ccc(OCCCCC)cc2)cc1. The van der Waals surface area contributed by atoms with Crippen molar-refractivity contribution in [2.24, 2.45) is 0 Å². The molecule has 4 heteroatoms. The third-order valence-electron chi connectivity index (χ3n) is 3.28. The number of unbranched alkanes of at least 4 members (excludes halogenated alkanes) is 2. The largest absolute Gasteiger partial charge is 0.494 e. The van der Waals surface area contributed by atoms with E-state index < -0.39 is 5.97 Å². The van der Waals surface area contributed by atoms with Crippen LogP contribution in [0.4, 0.5) is 5.69 Å². The second-order valence-electron chi connectivity index (χ2n) is 5.08. The van der Waals surface area contributed by atoms with Crippen LogP contribution < -0.4 is 9.47 Å². The van der Waals surface area contributed by atoms with Gasteiger partial charge in [-0.15, -0.1) is 0 Å². The maximum atomic E-state index is 12.0. The molecule has 2 rings (SSSR count). The number of hydrogen-bond acceptors (Lipinski definition) is 3. The first-order chi connectivity index (χ1) is 11.2. The lowest BCUT2D eigenvalue weighted by atomic mass is 10.2. The van der Waals surface area contributed by atoms with Gasteiger partial charge in [0, 0.05) is 0 Å². The predicted molar refractivity (Wildman–Crippen MR) is 89.1 cm³/mol. The molecule has 0 fully saturated rings. The average Bonchev–Trinajstić information content (AvgIpc) is 2.60. The maximum absolute atomic E-state index is 12.0. The molecule has 0 aliphatic rings. The van der Waals surface area contributed by atoms with Gasteiger partial charge in [0.05, 0.1) is 18.7 Å². The highest BCUT2D eigenvalue weighted by Gasteiger charge is 2.08. The quantitative estimate of drug-likeness (QED) is 0.312. The van der Waals surface area contributed by atoms with Crippen molar-refractivity contribution in [2.75, 3.05) is 6.61 Å². The fourth-order valence-electron chi connectivity index (χ4n) is 1.98. The topological polar surface area (TPSA) is 39.9 Å². The Balaban J connectivity index is 1.89. The molecule has 0 radical (unpaired) electrons. The minimum Gasteiger partial charge on any atom is -0.494 e. The van der Waals surface area contributed by atoms with E-state index in [9.17, 15) is 4.79 Å². The van der Waals surface area contributed by atoms with Crippen molar-refractivity contribution in [2.45, 2.75) is 26.2 Å². The van der Waals surface area contributed by atoms with Crippen LogP contribution in [0.2, 0.25) is 0 Å². The van der Waals surface area contributed by atoms with Crippen LogP contribution in [0.25, 0.3) is 4.85 Å². The standard InChI is InChI=1S/C19H19NO3/c1-3-4-5-14-22-17-10-12-18(13-11-17)23-19(21)15-6-8-16(20-2)9-7-15/h6-13H,3-5,14H2,1H3. The molecule has 0 bridgehead atoms. The summed E-state index contributed by atoms with van der Waals surface area (Å²) in [5, 5.41) is 0. The van der Waals surface area contributed by atoms with Crippen LogP contribution in [-0.2, 0) is 0 Å². The third kappa shape index (κ3) is 5.15. The van der Waals surface area contributed by atoms with Crippen LogP contribution in [0.5, 0.6) is 11.5 Å². The van der Waals surface area contributed by atoms with E-state index >= 15 is 0 Å². The van der Waals surface area contributed by atoms with Gasteiger partial charge < -0.3 is 9.47 Å². The van der Waals surface area contributed by atoms with Gasteiger partial charge >= 0.3 is 5.97 Å². The molecule has 2 aromatic carbocycles. The van der Waals surface area contributed by atoms with Gasteiger partial charge in [0.1, 0.15) is 11.5 Å². The number of ether oxygens (including phenoxy) is 2. The van der Waals surface area contributed by atoms with Gasteiger partial charge in [-0.25, -0.2) is 9.64 Å². The molecule has 4 nitrogen and oxygen atoms in total. The lowest BCUT2D eigenvalue weighted by Gasteiger charge is -2.07. The van der Waals surface area contributed by atoms with Gasteiger partial charge in [-0.2, -0.15) is 0 Å². The first kappa shape index (κ1) is 16.6. The molecule has 0 saturated heterocycles. The zero-order chi connectivity index (χ0) is 16.5. The van der Waals surface area contributed by atoms with E-state index in [1.165, 1.54) is 0 Å². The Morgan fingerprint density at radius 2 is 1.65 bits per heavy atom. The zero-order valence-corrected chi connectivity index (χ0v) is 13.1. The van der Waals surface area contributed by atoms with E-state index in [4.69, 9.17) is 16.0 Å². The molecule has 0 saturated carbocycles. The zero-order valence-electron chi connectivity index (χ0n) is 13.1. The maximum Gasteiger partial charge on any atom is 0.343 e. The number of esters is 1. The number of nitrogens with zero attached hydrogens (tertiary/aromatic N) is 1. The Morgan fingerprint density at radius 3 is 2.26 bits per heavy atom. The normalized spacial score (nSPS) is 9.91. The molecule has 23 heavy (non-hydrogen) atoms. The van der Waals surface area contributed by atoms with Gasteiger partial charge in [-0.1, -0.05) is 44.0 Å². The summed E-state index contributed by atoms with van der Waals surface area (Å²) in [5.74, 6) is 0.783. The van der Waals surface area contributed by atoms with E-state index in [1.807, 2.05) is 0 Å². The van der Waals surface area contributed by atoms with E-state index in [-0.39, 0.29) is 0 Å². The highest BCUT2D eigenvalue weighted by atomic mass is 16.5. The molecule has 2 aromatic rings. The van der Waals surface area contributed by atoms with Gasteiger partial charge in [-0.3, -0.25) is 0 Å². The minimum atomic E-state index is -0.446. The Bertz CT molecular complexity index is 669. The van der Waals surface area contributed by atoms with Gasteiger partial charge in [0.15, 0.2) is 5.69 Å². The van der Waals surface area contributed by atoms with Crippen molar-refractivity contribution in [3.8, 4) is 11.5 Å². The summed E-state index contributed by atoms with van der Waals surface area (Å²) >= 11 is 0. The van der Waals surface area contributed by atoms with E-state index in [1.54, 1.807) is 48.5 Å². The third-order valence-corrected chi connectivity index (χ3v) is 3.28. The van der Waals surface area contributed by atoms with Crippen LogP contribution in [0, 0.1) is 6.57 Å². The van der Waals surface area contributed by atoms with Crippen LogP contribution in [0.3, 0.4) is 0 Å². The van der Waals surface area contributed by atoms with Crippen molar-refractivity contribution in [3.05, 3.63) is 65.5 Å². The summed E-state index contributed by atoms with van der Waals surface area (Å²) in [5.41, 5.74) is 0.906. The van der Waals surface area contributed by atoms with Crippen molar-refractivity contribution >= 4 is 11.7 Å². The summed E-state index contributed by atoms with van der Waals surface area (Å²) in [6, 6.07) is 13.4. The number of carbonyl (C=O) groups excluding carboxylic acids is 1. The summed E-state index contributed by atoms with van der Waals surface area (Å²) in [6.07, 6.45) is 3.35. The van der Waals surface area contributed by atoms with Gasteiger partial charge in [0.2, 0.25) is 0 Å². The second kappa shape index (κ2) is 8.60. The fourth-order valence-corrected chi connectivity index (χ4v) is 1.98. The van der Waals surface area contributed by atoms with E-state index in [2.05, 4.69) is 11.8 Å². The molecular weight excluding hydrogens is 290 g/mol. The smallest absolute Gasteiger partial charge is 0.343 e. The molecule has 0 unspecified atom stereocenters. The number of rotatable bonds is 7. The van der Waals surface area contributed by atoms with Crippen molar-refractivity contribution < 1.29 is 14.3 Å². The summed E-state index contributed by atoms with van der Waals surface area (Å²) in [6.45, 7) is 9.74. The first-order valence-corrected chi connectivity index (χ1v) is 7.65.